The fraction of sp³-hybridized carbons (Fsp3) is 0.294. The second-order valence-corrected chi connectivity index (χ2v) is 6.69. The van der Waals surface area contributed by atoms with Gasteiger partial charge in [-0.2, -0.15) is 0 Å². The van der Waals surface area contributed by atoms with Crippen molar-refractivity contribution < 1.29 is 0 Å². The number of hydrogen-bond donors (Lipinski definition) is 0. The molecular formula is C17H18Br2. The number of benzene rings is 2. The van der Waals surface area contributed by atoms with E-state index in [9.17, 15) is 0 Å². The molecule has 0 heterocycles. The predicted octanol–water partition coefficient (Wildman–Crippen LogP) is 6.19. The molecular weight excluding hydrogens is 364 g/mol. The van der Waals surface area contributed by atoms with Crippen molar-refractivity contribution in [2.24, 2.45) is 0 Å². The lowest BCUT2D eigenvalue weighted by molar-refractivity contribution is 0.920. The van der Waals surface area contributed by atoms with Crippen LogP contribution < -0.4 is 0 Å². The molecule has 0 fully saturated rings. The zero-order chi connectivity index (χ0) is 13.8. The Balaban J connectivity index is 2.25. The Morgan fingerprint density at radius 1 is 1.05 bits per heavy atom. The summed E-state index contributed by atoms with van der Waals surface area (Å²) >= 11 is 7.33. The summed E-state index contributed by atoms with van der Waals surface area (Å²) in [4.78, 5) is 0.260. The Morgan fingerprint density at radius 2 is 1.74 bits per heavy atom. The molecule has 0 aromatic heterocycles. The van der Waals surface area contributed by atoms with Gasteiger partial charge in [0.05, 0.1) is 4.83 Å². The molecule has 0 aliphatic carbocycles. The second-order valence-electron chi connectivity index (χ2n) is 4.86. The second kappa shape index (κ2) is 6.71. The van der Waals surface area contributed by atoms with Crippen LogP contribution in [0.2, 0.25) is 0 Å². The van der Waals surface area contributed by atoms with Gasteiger partial charge in [-0.25, -0.2) is 0 Å². The van der Waals surface area contributed by atoms with Gasteiger partial charge in [-0.05, 0) is 47.7 Å². The zero-order valence-corrected chi connectivity index (χ0v) is 14.5. The van der Waals surface area contributed by atoms with E-state index >= 15 is 0 Å². The molecule has 100 valence electrons. The summed E-state index contributed by atoms with van der Waals surface area (Å²) < 4.78 is 1.13. The van der Waals surface area contributed by atoms with Crippen LogP contribution >= 0.6 is 31.9 Å². The van der Waals surface area contributed by atoms with E-state index in [4.69, 9.17) is 0 Å². The molecule has 0 aliphatic heterocycles. The third kappa shape index (κ3) is 3.70. The minimum absolute atomic E-state index is 0.260. The molecule has 0 radical (unpaired) electrons. The first-order chi connectivity index (χ1) is 9.11. The van der Waals surface area contributed by atoms with E-state index in [-0.39, 0.29) is 4.83 Å². The van der Waals surface area contributed by atoms with Crippen LogP contribution in [0.25, 0.3) is 0 Å². The first kappa shape index (κ1) is 14.8. The lowest BCUT2D eigenvalue weighted by atomic mass is 9.99. The SMILES string of the molecule is CCCc1ccc(C(Br)c2ccc(Br)cc2C)cc1. The van der Waals surface area contributed by atoms with Crippen LogP contribution in [0.5, 0.6) is 0 Å². The molecule has 0 aliphatic rings. The largest absolute Gasteiger partial charge is 0.0786 e. The highest BCUT2D eigenvalue weighted by atomic mass is 79.9. The molecule has 0 amide bonds. The number of alkyl halides is 1. The quantitative estimate of drug-likeness (QED) is 0.553. The highest BCUT2D eigenvalue weighted by Crippen LogP contribution is 2.34. The van der Waals surface area contributed by atoms with Gasteiger partial charge < -0.3 is 0 Å². The van der Waals surface area contributed by atoms with Crippen molar-refractivity contribution in [2.75, 3.05) is 0 Å². The van der Waals surface area contributed by atoms with Gasteiger partial charge in [0.15, 0.2) is 0 Å². The van der Waals surface area contributed by atoms with Crippen molar-refractivity contribution in [3.8, 4) is 0 Å². The minimum atomic E-state index is 0.260. The molecule has 0 N–H and O–H groups in total. The third-order valence-corrected chi connectivity index (χ3v) is 4.83. The lowest BCUT2D eigenvalue weighted by Gasteiger charge is -2.14. The zero-order valence-electron chi connectivity index (χ0n) is 11.3. The summed E-state index contributed by atoms with van der Waals surface area (Å²) in [5.41, 5.74) is 5.35. The van der Waals surface area contributed by atoms with Crippen LogP contribution in [0.3, 0.4) is 0 Å². The van der Waals surface area contributed by atoms with Gasteiger partial charge in [0, 0.05) is 4.47 Å². The minimum Gasteiger partial charge on any atom is -0.0786 e. The van der Waals surface area contributed by atoms with Crippen LogP contribution in [0, 0.1) is 6.92 Å². The van der Waals surface area contributed by atoms with E-state index in [0.29, 0.717) is 0 Å². The average molecular weight is 382 g/mol. The van der Waals surface area contributed by atoms with Gasteiger partial charge in [-0.3, -0.25) is 0 Å². The van der Waals surface area contributed by atoms with E-state index in [2.05, 4.69) is 88.2 Å². The lowest BCUT2D eigenvalue weighted by Crippen LogP contribution is -1.96. The van der Waals surface area contributed by atoms with Crippen molar-refractivity contribution in [2.45, 2.75) is 31.5 Å². The number of halogens is 2. The molecule has 19 heavy (non-hydrogen) atoms. The standard InChI is InChI=1S/C17H18Br2/c1-3-4-13-5-7-14(8-6-13)17(19)16-10-9-15(18)11-12(16)2/h5-11,17H,3-4H2,1-2H3. The Bertz CT molecular complexity index is 544. The molecule has 1 atom stereocenters. The molecule has 0 bridgehead atoms. The topological polar surface area (TPSA) is 0 Å². The summed E-state index contributed by atoms with van der Waals surface area (Å²) in [6.45, 7) is 4.37. The maximum Gasteiger partial charge on any atom is 0.0647 e. The van der Waals surface area contributed by atoms with Crippen LogP contribution in [0.1, 0.15) is 40.4 Å². The molecule has 2 aromatic carbocycles. The molecule has 1 unspecified atom stereocenters. The molecule has 0 saturated carbocycles. The van der Waals surface area contributed by atoms with Crippen LogP contribution in [-0.2, 0) is 6.42 Å². The molecule has 0 nitrogen and oxygen atoms in total. The summed E-state index contributed by atoms with van der Waals surface area (Å²) in [5.74, 6) is 0. The fourth-order valence-electron chi connectivity index (χ4n) is 2.24. The van der Waals surface area contributed by atoms with E-state index in [0.717, 1.165) is 10.9 Å². The summed E-state index contributed by atoms with van der Waals surface area (Å²) in [5, 5.41) is 0. The highest BCUT2D eigenvalue weighted by Gasteiger charge is 2.12. The predicted molar refractivity (Wildman–Crippen MR) is 90.1 cm³/mol. The van der Waals surface area contributed by atoms with Crippen molar-refractivity contribution in [1.29, 1.82) is 0 Å². The Morgan fingerprint density at radius 3 is 2.32 bits per heavy atom. The maximum absolute atomic E-state index is 3.82. The van der Waals surface area contributed by atoms with Gasteiger partial charge in [0.2, 0.25) is 0 Å². The first-order valence-electron chi connectivity index (χ1n) is 6.60. The average Bonchev–Trinajstić information content (AvgIpc) is 2.39. The molecule has 2 aromatic rings. The molecule has 2 rings (SSSR count). The number of rotatable bonds is 4. The smallest absolute Gasteiger partial charge is 0.0647 e. The van der Waals surface area contributed by atoms with E-state index in [1.54, 1.807) is 0 Å². The maximum atomic E-state index is 3.82. The van der Waals surface area contributed by atoms with Crippen molar-refractivity contribution in [3.05, 3.63) is 69.2 Å². The Labute approximate surface area is 132 Å². The Hall–Kier alpha value is -0.600. The van der Waals surface area contributed by atoms with Crippen molar-refractivity contribution in [3.63, 3.8) is 0 Å². The number of hydrogen-bond acceptors (Lipinski definition) is 0. The number of aryl methyl sites for hydroxylation is 2. The van der Waals surface area contributed by atoms with Crippen molar-refractivity contribution >= 4 is 31.9 Å². The molecule has 0 saturated heterocycles. The first-order valence-corrected chi connectivity index (χ1v) is 8.31. The normalized spacial score (nSPS) is 12.4. The van der Waals surface area contributed by atoms with Gasteiger partial charge >= 0.3 is 0 Å². The van der Waals surface area contributed by atoms with Gasteiger partial charge in [-0.1, -0.05) is 75.5 Å². The van der Waals surface area contributed by atoms with Gasteiger partial charge in [-0.15, -0.1) is 0 Å². The fourth-order valence-corrected chi connectivity index (χ4v) is 3.54. The van der Waals surface area contributed by atoms with Crippen LogP contribution in [0.4, 0.5) is 0 Å². The van der Waals surface area contributed by atoms with Gasteiger partial charge in [0.1, 0.15) is 0 Å². The van der Waals surface area contributed by atoms with Crippen LogP contribution in [0.15, 0.2) is 46.9 Å². The Kier molecular flexibility index (Phi) is 5.23. The molecule has 0 spiro atoms. The van der Waals surface area contributed by atoms with Gasteiger partial charge in [0.25, 0.3) is 0 Å². The molecule has 2 heteroatoms. The summed E-state index contributed by atoms with van der Waals surface area (Å²) in [7, 11) is 0. The highest BCUT2D eigenvalue weighted by molar-refractivity contribution is 9.10. The summed E-state index contributed by atoms with van der Waals surface area (Å²) in [6, 6.07) is 15.4. The van der Waals surface area contributed by atoms with E-state index < -0.39 is 0 Å². The monoisotopic (exact) mass is 380 g/mol. The third-order valence-electron chi connectivity index (χ3n) is 3.32. The van der Waals surface area contributed by atoms with Crippen molar-refractivity contribution in [1.82, 2.24) is 0 Å². The van der Waals surface area contributed by atoms with E-state index in [1.165, 1.54) is 28.7 Å². The summed E-state index contributed by atoms with van der Waals surface area (Å²) in [6.07, 6.45) is 2.35. The van der Waals surface area contributed by atoms with Crippen LogP contribution in [-0.4, -0.2) is 0 Å². The van der Waals surface area contributed by atoms with E-state index in [1.807, 2.05) is 0 Å².